The maximum absolute atomic E-state index is 9.54. The number of benzene rings is 1. The van der Waals surface area contributed by atoms with Gasteiger partial charge < -0.3 is 9.84 Å². The molecular weight excluding hydrogens is 216 g/mol. The Morgan fingerprint density at radius 1 is 1.29 bits per heavy atom. The fourth-order valence-corrected chi connectivity index (χ4v) is 1.39. The molecule has 0 saturated carbocycles. The van der Waals surface area contributed by atoms with Crippen LogP contribution in [0, 0.1) is 18.3 Å². The second-order valence-corrected chi connectivity index (χ2v) is 3.49. The topological polar surface area (TPSA) is 66.1 Å². The van der Waals surface area contributed by atoms with Crippen molar-refractivity contribution < 1.29 is 9.84 Å². The van der Waals surface area contributed by atoms with Crippen molar-refractivity contribution in [2.75, 3.05) is 0 Å². The van der Waals surface area contributed by atoms with E-state index in [1.807, 2.05) is 6.07 Å². The molecule has 0 amide bonds. The number of nitrogens with zero attached hydrogens (tertiary/aromatic N) is 2. The smallest absolute Gasteiger partial charge is 0.163 e. The van der Waals surface area contributed by atoms with Gasteiger partial charge in [-0.2, -0.15) is 5.26 Å². The largest absolute Gasteiger partial charge is 0.508 e. The average Bonchev–Trinajstić information content (AvgIpc) is 2.35. The Morgan fingerprint density at radius 2 is 2.12 bits per heavy atom. The minimum absolute atomic E-state index is 0.157. The van der Waals surface area contributed by atoms with Gasteiger partial charge in [-0.3, -0.25) is 4.98 Å². The van der Waals surface area contributed by atoms with Crippen LogP contribution in [0.15, 0.2) is 36.7 Å². The molecular formula is C13H10N2O2. The number of phenols is 1. The maximum Gasteiger partial charge on any atom is 0.163 e. The quantitative estimate of drug-likeness (QED) is 0.855. The summed E-state index contributed by atoms with van der Waals surface area (Å²) in [7, 11) is 0. The molecule has 0 aliphatic heterocycles. The van der Waals surface area contributed by atoms with Gasteiger partial charge in [0.2, 0.25) is 0 Å². The van der Waals surface area contributed by atoms with Crippen LogP contribution in [0.2, 0.25) is 0 Å². The fraction of sp³-hybridized carbons (Fsp3) is 0.0769. The third kappa shape index (κ3) is 2.18. The SMILES string of the molecule is Cc1c(O)cccc1Oc1cnccc1C#N. The highest BCUT2D eigenvalue weighted by molar-refractivity contribution is 5.48. The molecule has 0 bridgehead atoms. The van der Waals surface area contributed by atoms with Crippen molar-refractivity contribution in [2.45, 2.75) is 6.92 Å². The Kier molecular flexibility index (Phi) is 2.93. The van der Waals surface area contributed by atoms with Gasteiger partial charge in [-0.1, -0.05) is 6.07 Å². The van der Waals surface area contributed by atoms with Crippen molar-refractivity contribution in [3.63, 3.8) is 0 Å². The van der Waals surface area contributed by atoms with Crippen molar-refractivity contribution in [1.82, 2.24) is 4.98 Å². The Morgan fingerprint density at radius 3 is 2.88 bits per heavy atom. The summed E-state index contributed by atoms with van der Waals surface area (Å²) < 4.78 is 5.57. The number of nitriles is 1. The number of ether oxygens (including phenoxy) is 1. The van der Waals surface area contributed by atoms with E-state index in [1.54, 1.807) is 31.2 Å². The van der Waals surface area contributed by atoms with Crippen molar-refractivity contribution in [1.29, 1.82) is 5.26 Å². The van der Waals surface area contributed by atoms with Gasteiger partial charge in [-0.15, -0.1) is 0 Å². The predicted molar refractivity (Wildman–Crippen MR) is 61.9 cm³/mol. The monoisotopic (exact) mass is 226 g/mol. The fourth-order valence-electron chi connectivity index (χ4n) is 1.39. The van der Waals surface area contributed by atoms with E-state index in [0.29, 0.717) is 22.6 Å². The molecule has 0 fully saturated rings. The zero-order valence-electron chi connectivity index (χ0n) is 9.21. The lowest BCUT2D eigenvalue weighted by molar-refractivity contribution is 0.446. The molecule has 4 nitrogen and oxygen atoms in total. The first-order valence-electron chi connectivity index (χ1n) is 5.03. The number of phenolic OH excluding ortho intramolecular Hbond substituents is 1. The van der Waals surface area contributed by atoms with E-state index in [4.69, 9.17) is 10.00 Å². The van der Waals surface area contributed by atoms with Crippen LogP contribution < -0.4 is 4.74 Å². The minimum Gasteiger partial charge on any atom is -0.508 e. The number of aromatic nitrogens is 1. The van der Waals surface area contributed by atoms with Gasteiger partial charge in [0.15, 0.2) is 5.75 Å². The Balaban J connectivity index is 2.39. The molecule has 1 aromatic heterocycles. The molecule has 2 aromatic rings. The van der Waals surface area contributed by atoms with Crippen LogP contribution in [-0.4, -0.2) is 10.1 Å². The number of hydrogen-bond donors (Lipinski definition) is 1. The summed E-state index contributed by atoms with van der Waals surface area (Å²) in [5.74, 6) is 1.04. The highest BCUT2D eigenvalue weighted by Gasteiger charge is 2.08. The summed E-state index contributed by atoms with van der Waals surface area (Å²) in [6, 6.07) is 8.59. The van der Waals surface area contributed by atoms with Crippen molar-refractivity contribution in [3.8, 4) is 23.3 Å². The van der Waals surface area contributed by atoms with Crippen LogP contribution in [-0.2, 0) is 0 Å². The zero-order valence-corrected chi connectivity index (χ0v) is 9.21. The molecule has 0 atom stereocenters. The van der Waals surface area contributed by atoms with E-state index in [9.17, 15) is 5.11 Å². The summed E-state index contributed by atoms with van der Waals surface area (Å²) in [5, 5.41) is 18.5. The molecule has 0 saturated heterocycles. The molecule has 0 aliphatic rings. The lowest BCUT2D eigenvalue weighted by atomic mass is 10.2. The van der Waals surface area contributed by atoms with Crippen LogP contribution in [0.1, 0.15) is 11.1 Å². The van der Waals surface area contributed by atoms with Crippen LogP contribution in [0.25, 0.3) is 0 Å². The van der Waals surface area contributed by atoms with Gasteiger partial charge in [0.05, 0.1) is 11.8 Å². The first-order valence-corrected chi connectivity index (χ1v) is 5.03. The van der Waals surface area contributed by atoms with Crippen molar-refractivity contribution in [3.05, 3.63) is 47.8 Å². The lowest BCUT2D eigenvalue weighted by Gasteiger charge is -2.09. The lowest BCUT2D eigenvalue weighted by Crippen LogP contribution is -1.91. The maximum atomic E-state index is 9.54. The van der Waals surface area contributed by atoms with Gasteiger partial charge in [0.25, 0.3) is 0 Å². The summed E-state index contributed by atoms with van der Waals surface area (Å²) in [4.78, 5) is 3.90. The average molecular weight is 226 g/mol. The molecule has 17 heavy (non-hydrogen) atoms. The second-order valence-electron chi connectivity index (χ2n) is 3.49. The second kappa shape index (κ2) is 4.54. The number of hydrogen-bond acceptors (Lipinski definition) is 4. The van der Waals surface area contributed by atoms with E-state index >= 15 is 0 Å². The first kappa shape index (κ1) is 11.0. The van der Waals surface area contributed by atoms with Gasteiger partial charge in [0, 0.05) is 11.8 Å². The first-order chi connectivity index (χ1) is 8.22. The molecule has 0 aliphatic carbocycles. The number of rotatable bonds is 2. The summed E-state index contributed by atoms with van der Waals surface area (Å²) in [6.45, 7) is 1.74. The Labute approximate surface area is 98.7 Å². The molecule has 2 rings (SSSR count). The van der Waals surface area contributed by atoms with Crippen molar-refractivity contribution in [2.24, 2.45) is 0 Å². The summed E-state index contributed by atoms with van der Waals surface area (Å²) in [6.07, 6.45) is 3.00. The molecule has 1 aromatic carbocycles. The van der Waals surface area contributed by atoms with Crippen molar-refractivity contribution >= 4 is 0 Å². The van der Waals surface area contributed by atoms with E-state index < -0.39 is 0 Å². The normalized spacial score (nSPS) is 9.65. The minimum atomic E-state index is 0.157. The molecule has 0 unspecified atom stereocenters. The van der Waals surface area contributed by atoms with Gasteiger partial charge in [0.1, 0.15) is 17.6 Å². The highest BCUT2D eigenvalue weighted by Crippen LogP contribution is 2.31. The third-order valence-corrected chi connectivity index (χ3v) is 2.38. The van der Waals surface area contributed by atoms with Crippen LogP contribution in [0.3, 0.4) is 0 Å². The van der Waals surface area contributed by atoms with E-state index in [2.05, 4.69) is 4.98 Å². The number of pyridine rings is 1. The van der Waals surface area contributed by atoms with E-state index in [1.165, 1.54) is 12.4 Å². The van der Waals surface area contributed by atoms with Gasteiger partial charge in [-0.05, 0) is 25.1 Å². The van der Waals surface area contributed by atoms with Gasteiger partial charge in [-0.25, -0.2) is 0 Å². The zero-order chi connectivity index (χ0) is 12.3. The highest BCUT2D eigenvalue weighted by atomic mass is 16.5. The predicted octanol–water partition coefficient (Wildman–Crippen LogP) is 2.76. The Bertz CT molecular complexity index is 588. The standard InChI is InChI=1S/C13H10N2O2/c1-9-11(16)3-2-4-12(9)17-13-8-15-6-5-10(13)7-14/h2-6,8,16H,1H3. The van der Waals surface area contributed by atoms with E-state index in [-0.39, 0.29) is 5.75 Å². The van der Waals surface area contributed by atoms with E-state index in [0.717, 1.165) is 0 Å². The van der Waals surface area contributed by atoms with Gasteiger partial charge >= 0.3 is 0 Å². The molecule has 4 heteroatoms. The molecule has 0 radical (unpaired) electrons. The number of aromatic hydroxyl groups is 1. The third-order valence-electron chi connectivity index (χ3n) is 2.38. The van der Waals surface area contributed by atoms with Crippen LogP contribution in [0.4, 0.5) is 0 Å². The van der Waals surface area contributed by atoms with Crippen LogP contribution in [0.5, 0.6) is 17.2 Å². The Hall–Kier alpha value is -2.54. The molecule has 84 valence electrons. The summed E-state index contributed by atoms with van der Waals surface area (Å²) in [5.41, 5.74) is 1.03. The van der Waals surface area contributed by atoms with Crippen LogP contribution >= 0.6 is 0 Å². The molecule has 1 heterocycles. The molecule has 1 N–H and O–H groups in total. The molecule has 0 spiro atoms. The summed E-state index contributed by atoms with van der Waals surface area (Å²) >= 11 is 0.